The number of carbonyl (C=O) groups is 1. The van der Waals surface area contributed by atoms with Crippen LogP contribution < -0.4 is 5.32 Å². The molecule has 0 unspecified atom stereocenters. The summed E-state index contributed by atoms with van der Waals surface area (Å²) in [5.41, 5.74) is 3.16. The quantitative estimate of drug-likeness (QED) is 0.769. The third kappa shape index (κ3) is 1.83. The monoisotopic (exact) mass is 203 g/mol. The summed E-state index contributed by atoms with van der Waals surface area (Å²) >= 11 is 0. The number of aromatic nitrogens is 2. The van der Waals surface area contributed by atoms with Crippen LogP contribution in [0.5, 0.6) is 0 Å². The molecular formula is C11H13N3O. The largest absolute Gasteiger partial charge is 0.310 e. The number of nitrogens with one attached hydrogen (secondary N) is 1. The predicted octanol–water partition coefficient (Wildman–Crippen LogP) is 1.91. The third-order valence-electron chi connectivity index (χ3n) is 2.18. The number of hydrogen-bond donors (Lipinski definition) is 1. The molecule has 2 aromatic rings. The number of hydrogen-bond acceptors (Lipinski definition) is 2. The van der Waals surface area contributed by atoms with Crippen LogP contribution >= 0.6 is 0 Å². The first kappa shape index (κ1) is 9.71. The SMILES string of the molecule is CC(=O)Nc1cn2cc(C)cc(C)c2n1. The minimum absolute atomic E-state index is 0.104. The van der Waals surface area contributed by atoms with E-state index in [0.717, 1.165) is 11.2 Å². The Morgan fingerprint density at radius 3 is 2.80 bits per heavy atom. The third-order valence-corrected chi connectivity index (χ3v) is 2.18. The number of aryl methyl sites for hydroxylation is 2. The lowest BCUT2D eigenvalue weighted by molar-refractivity contribution is -0.114. The Morgan fingerprint density at radius 2 is 2.13 bits per heavy atom. The van der Waals surface area contributed by atoms with Crippen molar-refractivity contribution in [1.82, 2.24) is 9.38 Å². The van der Waals surface area contributed by atoms with Crippen molar-refractivity contribution in [1.29, 1.82) is 0 Å². The van der Waals surface area contributed by atoms with Crippen molar-refractivity contribution >= 4 is 17.4 Å². The van der Waals surface area contributed by atoms with Crippen molar-refractivity contribution in [2.24, 2.45) is 0 Å². The van der Waals surface area contributed by atoms with Gasteiger partial charge in [0.05, 0.1) is 6.20 Å². The topological polar surface area (TPSA) is 46.4 Å². The highest BCUT2D eigenvalue weighted by Gasteiger charge is 2.05. The molecule has 0 saturated carbocycles. The summed E-state index contributed by atoms with van der Waals surface area (Å²) in [6.45, 7) is 5.51. The standard InChI is InChI=1S/C11H13N3O/c1-7-4-8(2)11-13-10(12-9(3)15)6-14(11)5-7/h4-6H,1-3H3,(H,12,15). The number of nitrogens with zero attached hydrogens (tertiary/aromatic N) is 2. The minimum Gasteiger partial charge on any atom is -0.310 e. The molecule has 0 fully saturated rings. The molecule has 2 aromatic heterocycles. The Morgan fingerprint density at radius 1 is 1.40 bits per heavy atom. The zero-order chi connectivity index (χ0) is 11.0. The van der Waals surface area contributed by atoms with Crippen LogP contribution in [0.15, 0.2) is 18.5 Å². The molecule has 4 heteroatoms. The Hall–Kier alpha value is -1.84. The second-order valence-electron chi connectivity index (χ2n) is 3.74. The molecular weight excluding hydrogens is 190 g/mol. The Balaban J connectivity index is 2.55. The summed E-state index contributed by atoms with van der Waals surface area (Å²) in [5, 5.41) is 2.67. The van der Waals surface area contributed by atoms with E-state index >= 15 is 0 Å². The van der Waals surface area contributed by atoms with E-state index in [1.807, 2.05) is 30.6 Å². The molecule has 0 radical (unpaired) electrons. The van der Waals surface area contributed by atoms with Crippen molar-refractivity contribution in [2.45, 2.75) is 20.8 Å². The highest BCUT2D eigenvalue weighted by molar-refractivity contribution is 5.87. The molecule has 4 nitrogen and oxygen atoms in total. The average molecular weight is 203 g/mol. The summed E-state index contributed by atoms with van der Waals surface area (Å²) in [6, 6.07) is 2.07. The zero-order valence-corrected chi connectivity index (χ0v) is 9.03. The van der Waals surface area contributed by atoms with Crippen molar-refractivity contribution in [3.05, 3.63) is 29.6 Å². The lowest BCUT2D eigenvalue weighted by atomic mass is 10.2. The average Bonchev–Trinajstić information content (AvgIpc) is 2.45. The van der Waals surface area contributed by atoms with Gasteiger partial charge in [-0.1, -0.05) is 6.07 Å². The second kappa shape index (κ2) is 3.38. The fourth-order valence-corrected chi connectivity index (χ4v) is 1.69. The number of fused-ring (bicyclic) bond motifs is 1. The summed E-state index contributed by atoms with van der Waals surface area (Å²) in [4.78, 5) is 15.2. The van der Waals surface area contributed by atoms with Gasteiger partial charge in [0.25, 0.3) is 0 Å². The lowest BCUT2D eigenvalue weighted by Crippen LogP contribution is -2.05. The van der Waals surface area contributed by atoms with Gasteiger partial charge < -0.3 is 9.72 Å². The van der Waals surface area contributed by atoms with Gasteiger partial charge in [0.1, 0.15) is 5.65 Å². The van der Waals surface area contributed by atoms with Crippen LogP contribution in [0, 0.1) is 13.8 Å². The van der Waals surface area contributed by atoms with Gasteiger partial charge in [-0.05, 0) is 25.0 Å². The molecule has 0 saturated heterocycles. The fraction of sp³-hybridized carbons (Fsp3) is 0.273. The summed E-state index contributed by atoms with van der Waals surface area (Å²) in [6.07, 6.45) is 3.80. The van der Waals surface area contributed by atoms with Crippen LogP contribution in [0.4, 0.5) is 5.82 Å². The second-order valence-corrected chi connectivity index (χ2v) is 3.74. The van der Waals surface area contributed by atoms with E-state index in [2.05, 4.69) is 16.4 Å². The molecule has 0 spiro atoms. The molecule has 2 rings (SSSR count). The molecule has 0 atom stereocenters. The predicted molar refractivity (Wildman–Crippen MR) is 59.0 cm³/mol. The van der Waals surface area contributed by atoms with Gasteiger partial charge in [-0.2, -0.15) is 0 Å². The van der Waals surface area contributed by atoms with E-state index in [9.17, 15) is 4.79 Å². The van der Waals surface area contributed by atoms with Gasteiger partial charge in [0, 0.05) is 13.1 Å². The van der Waals surface area contributed by atoms with Gasteiger partial charge in [-0.15, -0.1) is 0 Å². The molecule has 0 aliphatic carbocycles. The molecule has 0 aliphatic rings. The van der Waals surface area contributed by atoms with E-state index in [4.69, 9.17) is 0 Å². The van der Waals surface area contributed by atoms with Crippen LogP contribution in [0.2, 0.25) is 0 Å². The number of imidazole rings is 1. The molecule has 0 bridgehead atoms. The maximum absolute atomic E-state index is 10.9. The first-order chi connectivity index (χ1) is 7.06. The van der Waals surface area contributed by atoms with Crippen molar-refractivity contribution in [3.63, 3.8) is 0 Å². The summed E-state index contributed by atoms with van der Waals surface area (Å²) in [7, 11) is 0. The highest BCUT2D eigenvalue weighted by Crippen LogP contribution is 2.15. The van der Waals surface area contributed by atoms with Crippen molar-refractivity contribution < 1.29 is 4.79 Å². The molecule has 78 valence electrons. The van der Waals surface area contributed by atoms with Gasteiger partial charge in [-0.25, -0.2) is 4.98 Å². The number of anilines is 1. The van der Waals surface area contributed by atoms with Gasteiger partial charge in [0.15, 0.2) is 5.82 Å². The Labute approximate surface area is 87.9 Å². The van der Waals surface area contributed by atoms with E-state index in [0.29, 0.717) is 5.82 Å². The fourth-order valence-electron chi connectivity index (χ4n) is 1.69. The Kier molecular flexibility index (Phi) is 2.19. The van der Waals surface area contributed by atoms with E-state index < -0.39 is 0 Å². The molecule has 15 heavy (non-hydrogen) atoms. The molecule has 1 amide bonds. The highest BCUT2D eigenvalue weighted by atomic mass is 16.1. The van der Waals surface area contributed by atoms with E-state index in [1.165, 1.54) is 12.5 Å². The van der Waals surface area contributed by atoms with Crippen LogP contribution in [0.3, 0.4) is 0 Å². The van der Waals surface area contributed by atoms with Crippen molar-refractivity contribution in [2.75, 3.05) is 5.32 Å². The Bertz CT molecular complexity index is 528. The molecule has 2 heterocycles. The first-order valence-electron chi connectivity index (χ1n) is 4.80. The van der Waals surface area contributed by atoms with E-state index in [1.54, 1.807) is 0 Å². The van der Waals surface area contributed by atoms with Crippen LogP contribution in [-0.4, -0.2) is 15.3 Å². The molecule has 0 aliphatic heterocycles. The summed E-state index contributed by atoms with van der Waals surface area (Å²) in [5.74, 6) is 0.490. The maximum Gasteiger partial charge on any atom is 0.222 e. The lowest BCUT2D eigenvalue weighted by Gasteiger charge is -1.98. The van der Waals surface area contributed by atoms with E-state index in [-0.39, 0.29) is 5.91 Å². The number of amides is 1. The zero-order valence-electron chi connectivity index (χ0n) is 9.03. The van der Waals surface area contributed by atoms with Gasteiger partial charge in [0.2, 0.25) is 5.91 Å². The number of pyridine rings is 1. The summed E-state index contributed by atoms with van der Waals surface area (Å²) < 4.78 is 1.93. The maximum atomic E-state index is 10.9. The van der Waals surface area contributed by atoms with Crippen LogP contribution in [0.1, 0.15) is 18.1 Å². The molecule has 1 N–H and O–H groups in total. The first-order valence-corrected chi connectivity index (χ1v) is 4.80. The van der Waals surface area contributed by atoms with Crippen LogP contribution in [-0.2, 0) is 4.79 Å². The van der Waals surface area contributed by atoms with Gasteiger partial charge >= 0.3 is 0 Å². The van der Waals surface area contributed by atoms with Crippen molar-refractivity contribution in [3.8, 4) is 0 Å². The number of rotatable bonds is 1. The minimum atomic E-state index is -0.104. The normalized spacial score (nSPS) is 10.6. The van der Waals surface area contributed by atoms with Gasteiger partial charge in [-0.3, -0.25) is 4.79 Å². The number of carbonyl (C=O) groups excluding carboxylic acids is 1. The van der Waals surface area contributed by atoms with Crippen LogP contribution in [0.25, 0.3) is 5.65 Å². The molecule has 0 aromatic carbocycles. The smallest absolute Gasteiger partial charge is 0.222 e.